The summed E-state index contributed by atoms with van der Waals surface area (Å²) >= 11 is 6.06. The van der Waals surface area contributed by atoms with Crippen LogP contribution in [0.25, 0.3) is 0 Å². The molecule has 3 aromatic rings. The number of rotatable bonds is 4. The zero-order valence-electron chi connectivity index (χ0n) is 16.2. The SMILES string of the molecule is COc1ccc(S(=O)(=O)C2=C(C)Nc3cc(C)nn3C2c2ccc(Cl)cc2)cc1. The lowest BCUT2D eigenvalue weighted by molar-refractivity contribution is 0.414. The van der Waals surface area contributed by atoms with E-state index < -0.39 is 15.9 Å². The van der Waals surface area contributed by atoms with Crippen molar-refractivity contribution in [2.45, 2.75) is 24.8 Å². The van der Waals surface area contributed by atoms with E-state index in [9.17, 15) is 8.42 Å². The molecule has 0 amide bonds. The summed E-state index contributed by atoms with van der Waals surface area (Å²) in [6.45, 7) is 3.64. The van der Waals surface area contributed by atoms with Gasteiger partial charge >= 0.3 is 0 Å². The van der Waals surface area contributed by atoms with Crippen molar-refractivity contribution in [2.24, 2.45) is 0 Å². The number of sulfone groups is 1. The highest BCUT2D eigenvalue weighted by Gasteiger charge is 2.37. The number of ether oxygens (including phenoxy) is 1. The highest BCUT2D eigenvalue weighted by Crippen LogP contribution is 2.41. The molecule has 0 bridgehead atoms. The van der Waals surface area contributed by atoms with Crippen LogP contribution in [0.1, 0.15) is 24.2 Å². The van der Waals surface area contributed by atoms with E-state index in [-0.39, 0.29) is 9.80 Å². The minimum Gasteiger partial charge on any atom is -0.497 e. The Morgan fingerprint density at radius 1 is 1.07 bits per heavy atom. The normalized spacial score (nSPS) is 16.3. The zero-order valence-corrected chi connectivity index (χ0v) is 17.8. The molecule has 6 nitrogen and oxygen atoms in total. The summed E-state index contributed by atoms with van der Waals surface area (Å²) in [5.41, 5.74) is 2.14. The average molecular weight is 430 g/mol. The van der Waals surface area contributed by atoms with Gasteiger partial charge in [-0.3, -0.25) is 0 Å². The van der Waals surface area contributed by atoms with E-state index in [1.807, 2.05) is 25.1 Å². The first kappa shape index (κ1) is 19.5. The van der Waals surface area contributed by atoms with E-state index in [4.69, 9.17) is 16.3 Å². The third-order valence-corrected chi connectivity index (χ3v) is 7.13. The monoisotopic (exact) mass is 429 g/mol. The van der Waals surface area contributed by atoms with Crippen LogP contribution in [0.15, 0.2) is 70.1 Å². The zero-order chi connectivity index (χ0) is 20.8. The summed E-state index contributed by atoms with van der Waals surface area (Å²) in [4.78, 5) is 0.446. The fourth-order valence-electron chi connectivity index (χ4n) is 3.54. The Labute approximate surface area is 174 Å². The summed E-state index contributed by atoms with van der Waals surface area (Å²) < 4.78 is 34.2. The minimum atomic E-state index is -3.81. The molecule has 1 aliphatic heterocycles. The number of fused-ring (bicyclic) bond motifs is 1. The van der Waals surface area contributed by atoms with Crippen LogP contribution in [0.3, 0.4) is 0 Å². The van der Waals surface area contributed by atoms with Gasteiger partial charge in [0.05, 0.1) is 22.6 Å². The second-order valence-electron chi connectivity index (χ2n) is 6.86. The summed E-state index contributed by atoms with van der Waals surface area (Å²) in [5.74, 6) is 1.34. The topological polar surface area (TPSA) is 73.2 Å². The molecule has 0 spiro atoms. The van der Waals surface area contributed by atoms with Crippen molar-refractivity contribution in [1.29, 1.82) is 0 Å². The Kier molecular flexibility index (Phi) is 4.88. The highest BCUT2D eigenvalue weighted by atomic mass is 35.5. The lowest BCUT2D eigenvalue weighted by Gasteiger charge is -2.30. The van der Waals surface area contributed by atoms with Crippen molar-refractivity contribution in [3.63, 3.8) is 0 Å². The second kappa shape index (κ2) is 7.24. The quantitative estimate of drug-likeness (QED) is 0.657. The molecule has 1 aliphatic rings. The van der Waals surface area contributed by atoms with Crippen LogP contribution < -0.4 is 10.1 Å². The van der Waals surface area contributed by atoms with Gasteiger partial charge in [0.15, 0.2) is 0 Å². The molecule has 0 saturated carbocycles. The maximum atomic E-state index is 13.7. The van der Waals surface area contributed by atoms with Crippen LogP contribution in [0, 0.1) is 6.92 Å². The van der Waals surface area contributed by atoms with E-state index in [1.54, 1.807) is 55.1 Å². The Bertz CT molecular complexity index is 1200. The highest BCUT2D eigenvalue weighted by molar-refractivity contribution is 7.95. The van der Waals surface area contributed by atoms with Crippen LogP contribution in [0.5, 0.6) is 5.75 Å². The molecule has 1 atom stereocenters. The first-order chi connectivity index (χ1) is 13.8. The van der Waals surface area contributed by atoms with Gasteiger partial charge in [0.2, 0.25) is 9.84 Å². The lowest BCUT2D eigenvalue weighted by Crippen LogP contribution is -2.28. The van der Waals surface area contributed by atoms with Crippen molar-refractivity contribution in [2.75, 3.05) is 12.4 Å². The van der Waals surface area contributed by atoms with Crippen molar-refractivity contribution in [3.8, 4) is 5.75 Å². The number of hydrogen-bond donors (Lipinski definition) is 1. The van der Waals surface area contributed by atoms with Gasteiger partial charge in [0.1, 0.15) is 17.6 Å². The van der Waals surface area contributed by atoms with Gasteiger partial charge in [0, 0.05) is 16.8 Å². The van der Waals surface area contributed by atoms with Crippen LogP contribution >= 0.6 is 11.6 Å². The third kappa shape index (κ3) is 3.41. The number of aromatic nitrogens is 2. The molecule has 1 unspecified atom stereocenters. The second-order valence-corrected chi connectivity index (χ2v) is 9.22. The fourth-order valence-corrected chi connectivity index (χ4v) is 5.40. The van der Waals surface area contributed by atoms with Crippen molar-refractivity contribution < 1.29 is 13.2 Å². The average Bonchev–Trinajstić information content (AvgIpc) is 3.07. The van der Waals surface area contributed by atoms with Gasteiger partial charge in [-0.1, -0.05) is 23.7 Å². The number of methoxy groups -OCH3 is 1. The Balaban J connectivity index is 1.91. The molecule has 8 heteroatoms. The number of halogens is 1. The predicted octanol–water partition coefficient (Wildman–Crippen LogP) is 4.57. The molecule has 150 valence electrons. The van der Waals surface area contributed by atoms with Gasteiger partial charge in [-0.2, -0.15) is 5.10 Å². The number of allylic oxidation sites excluding steroid dienone is 2. The summed E-state index contributed by atoms with van der Waals surface area (Å²) in [5, 5.41) is 8.33. The van der Waals surface area contributed by atoms with E-state index in [1.165, 1.54) is 0 Å². The number of hydrogen-bond acceptors (Lipinski definition) is 5. The molecule has 0 saturated heterocycles. The summed E-state index contributed by atoms with van der Waals surface area (Å²) in [7, 11) is -2.27. The number of nitrogens with zero attached hydrogens (tertiary/aromatic N) is 2. The molecule has 29 heavy (non-hydrogen) atoms. The molecule has 0 fully saturated rings. The minimum absolute atomic E-state index is 0.195. The maximum absolute atomic E-state index is 13.7. The predicted molar refractivity (Wildman–Crippen MR) is 113 cm³/mol. The third-order valence-electron chi connectivity index (χ3n) is 4.88. The maximum Gasteiger partial charge on any atom is 0.206 e. The molecule has 0 radical (unpaired) electrons. The van der Waals surface area contributed by atoms with Crippen LogP contribution in [-0.2, 0) is 9.84 Å². The van der Waals surface area contributed by atoms with E-state index in [2.05, 4.69) is 10.4 Å². The smallest absolute Gasteiger partial charge is 0.206 e. The Morgan fingerprint density at radius 3 is 2.34 bits per heavy atom. The van der Waals surface area contributed by atoms with Gasteiger partial charge in [-0.05, 0) is 55.8 Å². The van der Waals surface area contributed by atoms with E-state index in [0.717, 1.165) is 17.1 Å². The Hall–Kier alpha value is -2.77. The van der Waals surface area contributed by atoms with Crippen molar-refractivity contribution >= 4 is 27.3 Å². The standard InChI is InChI=1S/C21H20ClN3O3S/c1-13-12-19-23-14(2)21(29(26,27)18-10-8-17(28-3)9-11-18)20(25(19)24-13)15-4-6-16(22)7-5-15/h4-12,20,23H,1-3H3. The molecule has 4 rings (SSSR count). The number of nitrogens with one attached hydrogen (secondary N) is 1. The molecular weight excluding hydrogens is 410 g/mol. The fraction of sp³-hybridized carbons (Fsp3) is 0.190. The van der Waals surface area contributed by atoms with Crippen LogP contribution in [0.4, 0.5) is 5.82 Å². The van der Waals surface area contributed by atoms with Crippen molar-refractivity contribution in [1.82, 2.24) is 9.78 Å². The number of benzene rings is 2. The van der Waals surface area contributed by atoms with Crippen LogP contribution in [-0.4, -0.2) is 25.3 Å². The molecule has 1 aromatic heterocycles. The van der Waals surface area contributed by atoms with Crippen LogP contribution in [0.2, 0.25) is 5.02 Å². The van der Waals surface area contributed by atoms with Gasteiger partial charge in [0.25, 0.3) is 0 Å². The summed E-state index contributed by atoms with van der Waals surface area (Å²) in [6, 6.07) is 14.8. The molecule has 1 N–H and O–H groups in total. The molecule has 2 heterocycles. The van der Waals surface area contributed by atoms with E-state index in [0.29, 0.717) is 16.5 Å². The van der Waals surface area contributed by atoms with Gasteiger partial charge in [-0.15, -0.1) is 0 Å². The largest absolute Gasteiger partial charge is 0.497 e. The first-order valence-corrected chi connectivity index (χ1v) is 10.9. The summed E-state index contributed by atoms with van der Waals surface area (Å²) in [6.07, 6.45) is 0. The van der Waals surface area contributed by atoms with Gasteiger partial charge in [-0.25, -0.2) is 13.1 Å². The number of anilines is 1. The molecule has 2 aromatic carbocycles. The molecule has 0 aliphatic carbocycles. The van der Waals surface area contributed by atoms with E-state index >= 15 is 0 Å². The van der Waals surface area contributed by atoms with Crippen molar-refractivity contribution in [3.05, 3.63) is 81.5 Å². The number of aryl methyl sites for hydroxylation is 1. The first-order valence-electron chi connectivity index (χ1n) is 9.00. The Morgan fingerprint density at radius 2 is 1.72 bits per heavy atom. The molecular formula is C21H20ClN3O3S. The van der Waals surface area contributed by atoms with Gasteiger partial charge < -0.3 is 10.1 Å². The lowest BCUT2D eigenvalue weighted by atomic mass is 10.0.